The summed E-state index contributed by atoms with van der Waals surface area (Å²) in [5.74, 6) is 0.955. The maximum Gasteiger partial charge on any atom is 0.223 e. The molecule has 1 saturated carbocycles. The molecular weight excluding hydrogens is 326 g/mol. The van der Waals surface area contributed by atoms with Gasteiger partial charge in [-0.05, 0) is 37.1 Å². The Labute approximate surface area is 126 Å². The van der Waals surface area contributed by atoms with Crippen molar-refractivity contribution < 1.29 is 9.90 Å². The van der Waals surface area contributed by atoms with E-state index in [0.717, 1.165) is 23.1 Å². The molecule has 0 radical (unpaired) electrons. The van der Waals surface area contributed by atoms with E-state index in [9.17, 15) is 4.79 Å². The normalized spacial score (nSPS) is 14.4. The first-order valence-electron chi connectivity index (χ1n) is 6.49. The molecule has 1 amide bonds. The number of carbonyl (C=O) groups excluding carboxylic acids is 1. The van der Waals surface area contributed by atoms with Gasteiger partial charge in [-0.15, -0.1) is 11.8 Å². The summed E-state index contributed by atoms with van der Waals surface area (Å²) in [7, 11) is 0. The van der Waals surface area contributed by atoms with E-state index in [1.807, 2.05) is 29.2 Å². The molecule has 0 atom stereocenters. The highest BCUT2D eigenvalue weighted by molar-refractivity contribution is 9.10. The smallest absolute Gasteiger partial charge is 0.223 e. The summed E-state index contributed by atoms with van der Waals surface area (Å²) in [6, 6.07) is 8.49. The molecule has 0 unspecified atom stereocenters. The van der Waals surface area contributed by atoms with Crippen LogP contribution < -0.4 is 0 Å². The van der Waals surface area contributed by atoms with Crippen molar-refractivity contribution in [2.75, 3.05) is 18.9 Å². The van der Waals surface area contributed by atoms with Gasteiger partial charge in [0.25, 0.3) is 0 Å². The first-order chi connectivity index (χ1) is 9.20. The van der Waals surface area contributed by atoms with Gasteiger partial charge in [0.05, 0.1) is 6.61 Å². The van der Waals surface area contributed by atoms with Crippen molar-refractivity contribution in [2.24, 2.45) is 0 Å². The fourth-order valence-corrected chi connectivity index (χ4v) is 3.04. The number of carbonyl (C=O) groups is 1. The molecule has 19 heavy (non-hydrogen) atoms. The lowest BCUT2D eigenvalue weighted by Gasteiger charge is -2.21. The second-order valence-electron chi connectivity index (χ2n) is 4.59. The zero-order chi connectivity index (χ0) is 13.7. The molecule has 1 fully saturated rings. The Morgan fingerprint density at radius 1 is 1.37 bits per heavy atom. The van der Waals surface area contributed by atoms with Crippen LogP contribution in [-0.2, 0) is 4.79 Å². The molecule has 0 spiro atoms. The Bertz CT molecular complexity index is 420. The van der Waals surface area contributed by atoms with Crippen molar-refractivity contribution in [1.29, 1.82) is 0 Å². The predicted octanol–water partition coefficient (Wildman–Crippen LogP) is 2.91. The average molecular weight is 344 g/mol. The van der Waals surface area contributed by atoms with E-state index in [1.54, 1.807) is 11.8 Å². The first-order valence-corrected chi connectivity index (χ1v) is 8.27. The summed E-state index contributed by atoms with van der Waals surface area (Å²) in [5, 5.41) is 8.99. The van der Waals surface area contributed by atoms with Crippen LogP contribution in [-0.4, -0.2) is 40.9 Å². The van der Waals surface area contributed by atoms with E-state index in [4.69, 9.17) is 5.11 Å². The summed E-state index contributed by atoms with van der Waals surface area (Å²) >= 11 is 5.10. The van der Waals surface area contributed by atoms with Gasteiger partial charge < -0.3 is 10.0 Å². The first kappa shape index (κ1) is 14.9. The number of nitrogens with zero attached hydrogens (tertiary/aromatic N) is 1. The average Bonchev–Trinajstić information content (AvgIpc) is 3.22. The van der Waals surface area contributed by atoms with Gasteiger partial charge in [-0.25, -0.2) is 0 Å². The molecule has 0 heterocycles. The molecule has 1 aromatic carbocycles. The van der Waals surface area contributed by atoms with E-state index in [1.165, 1.54) is 4.90 Å². The van der Waals surface area contributed by atoms with Crippen molar-refractivity contribution in [3.8, 4) is 0 Å². The highest BCUT2D eigenvalue weighted by Gasteiger charge is 2.31. The maximum absolute atomic E-state index is 12.1. The molecule has 5 heteroatoms. The molecule has 0 bridgehead atoms. The number of halogens is 1. The number of amides is 1. The lowest BCUT2D eigenvalue weighted by molar-refractivity contribution is -0.131. The topological polar surface area (TPSA) is 40.5 Å². The molecule has 1 aliphatic rings. The number of aliphatic hydroxyl groups excluding tert-OH is 1. The summed E-state index contributed by atoms with van der Waals surface area (Å²) in [6.07, 6.45) is 2.72. The number of hydrogen-bond acceptors (Lipinski definition) is 3. The number of thioether (sulfide) groups is 1. The third-order valence-corrected chi connectivity index (χ3v) is 4.59. The lowest BCUT2D eigenvalue weighted by Crippen LogP contribution is -2.35. The van der Waals surface area contributed by atoms with Gasteiger partial charge in [0.2, 0.25) is 5.91 Å². The standard InChI is InChI=1S/C14H18BrNO2S/c15-11-1-5-13(6-2-11)19-10-7-14(18)16(8-9-17)12-3-4-12/h1-2,5-6,12,17H,3-4,7-10H2. The van der Waals surface area contributed by atoms with Gasteiger partial charge in [-0.3, -0.25) is 4.79 Å². The van der Waals surface area contributed by atoms with Crippen LogP contribution in [0.4, 0.5) is 0 Å². The molecule has 1 N–H and O–H groups in total. The van der Waals surface area contributed by atoms with Crippen molar-refractivity contribution in [3.63, 3.8) is 0 Å². The van der Waals surface area contributed by atoms with E-state index >= 15 is 0 Å². The second-order valence-corrected chi connectivity index (χ2v) is 6.68. The van der Waals surface area contributed by atoms with Crippen molar-refractivity contribution >= 4 is 33.6 Å². The molecule has 0 aromatic heterocycles. The summed E-state index contributed by atoms with van der Waals surface area (Å²) in [4.78, 5) is 15.1. The SMILES string of the molecule is O=C(CCSc1ccc(Br)cc1)N(CCO)C1CC1. The van der Waals surface area contributed by atoms with Crippen molar-refractivity contribution in [2.45, 2.75) is 30.2 Å². The quantitative estimate of drug-likeness (QED) is 0.774. The Morgan fingerprint density at radius 2 is 2.05 bits per heavy atom. The molecular formula is C14H18BrNO2S. The number of benzene rings is 1. The Balaban J connectivity index is 1.75. The minimum absolute atomic E-state index is 0.0576. The summed E-state index contributed by atoms with van der Waals surface area (Å²) < 4.78 is 1.07. The predicted molar refractivity (Wildman–Crippen MR) is 81.3 cm³/mol. The van der Waals surface area contributed by atoms with Crippen LogP contribution in [0.3, 0.4) is 0 Å². The fraction of sp³-hybridized carbons (Fsp3) is 0.500. The maximum atomic E-state index is 12.1. The monoisotopic (exact) mass is 343 g/mol. The van der Waals surface area contributed by atoms with E-state index in [-0.39, 0.29) is 12.5 Å². The van der Waals surface area contributed by atoms with E-state index in [0.29, 0.717) is 19.0 Å². The Morgan fingerprint density at radius 3 is 2.63 bits per heavy atom. The van der Waals surface area contributed by atoms with Crippen molar-refractivity contribution in [3.05, 3.63) is 28.7 Å². The Kier molecular flexibility index (Phi) is 5.73. The molecule has 1 aliphatic carbocycles. The summed E-state index contributed by atoms with van der Waals surface area (Å²) in [5.41, 5.74) is 0. The van der Waals surface area contributed by atoms with E-state index < -0.39 is 0 Å². The summed E-state index contributed by atoms with van der Waals surface area (Å²) in [6.45, 7) is 0.536. The zero-order valence-corrected chi connectivity index (χ0v) is 13.1. The van der Waals surface area contributed by atoms with Gasteiger partial charge >= 0.3 is 0 Å². The van der Waals surface area contributed by atoms with Crippen LogP contribution in [0.5, 0.6) is 0 Å². The van der Waals surface area contributed by atoms with Crippen LogP contribution in [0.15, 0.2) is 33.6 Å². The van der Waals surface area contributed by atoms with Crippen LogP contribution >= 0.6 is 27.7 Å². The van der Waals surface area contributed by atoms with E-state index in [2.05, 4.69) is 15.9 Å². The largest absolute Gasteiger partial charge is 0.395 e. The third-order valence-electron chi connectivity index (χ3n) is 3.05. The number of hydrogen-bond donors (Lipinski definition) is 1. The Hall–Kier alpha value is -0.520. The number of aliphatic hydroxyl groups is 1. The van der Waals surface area contributed by atoms with Crippen LogP contribution in [0.1, 0.15) is 19.3 Å². The molecule has 1 aromatic rings. The minimum Gasteiger partial charge on any atom is -0.395 e. The molecule has 104 valence electrons. The lowest BCUT2D eigenvalue weighted by atomic mass is 10.3. The molecule has 0 saturated heterocycles. The van der Waals surface area contributed by atoms with Gasteiger partial charge in [0.15, 0.2) is 0 Å². The minimum atomic E-state index is 0.0576. The van der Waals surface area contributed by atoms with Crippen LogP contribution in [0, 0.1) is 0 Å². The van der Waals surface area contributed by atoms with Gasteiger partial charge in [-0.1, -0.05) is 15.9 Å². The van der Waals surface area contributed by atoms with Crippen LogP contribution in [0.2, 0.25) is 0 Å². The molecule has 2 rings (SSSR count). The highest BCUT2D eigenvalue weighted by Crippen LogP contribution is 2.28. The van der Waals surface area contributed by atoms with Crippen LogP contribution in [0.25, 0.3) is 0 Å². The third kappa shape index (κ3) is 4.82. The zero-order valence-electron chi connectivity index (χ0n) is 10.7. The van der Waals surface area contributed by atoms with Gasteiger partial charge in [-0.2, -0.15) is 0 Å². The van der Waals surface area contributed by atoms with Gasteiger partial charge in [0.1, 0.15) is 0 Å². The fourth-order valence-electron chi connectivity index (χ4n) is 1.94. The number of rotatable bonds is 7. The van der Waals surface area contributed by atoms with Crippen molar-refractivity contribution in [1.82, 2.24) is 4.90 Å². The molecule has 3 nitrogen and oxygen atoms in total. The molecule has 0 aliphatic heterocycles. The highest BCUT2D eigenvalue weighted by atomic mass is 79.9. The second kappa shape index (κ2) is 7.31. The van der Waals surface area contributed by atoms with Gasteiger partial charge in [0, 0.05) is 34.1 Å².